The molecule has 1 aromatic rings. The molecule has 0 aliphatic carbocycles. The molecule has 2 saturated heterocycles. The molecule has 2 fully saturated rings. The second-order valence-corrected chi connectivity index (χ2v) is 5.45. The highest BCUT2D eigenvalue weighted by Gasteiger charge is 2.49. The van der Waals surface area contributed by atoms with Gasteiger partial charge in [-0.2, -0.15) is 0 Å². The van der Waals surface area contributed by atoms with E-state index in [1.165, 1.54) is 17.2 Å². The Morgan fingerprint density at radius 3 is 2.65 bits per heavy atom. The monoisotopic (exact) mass is 279 g/mol. The molecule has 2 heterocycles. The number of rotatable bonds is 3. The van der Waals surface area contributed by atoms with E-state index in [0.29, 0.717) is 19.8 Å². The van der Waals surface area contributed by atoms with Crippen LogP contribution >= 0.6 is 0 Å². The minimum Gasteiger partial charge on any atom is -0.379 e. The summed E-state index contributed by atoms with van der Waals surface area (Å²) in [5.74, 6) is -0.291. The van der Waals surface area contributed by atoms with E-state index in [9.17, 15) is 9.18 Å². The van der Waals surface area contributed by atoms with Gasteiger partial charge in [-0.1, -0.05) is 19.1 Å². The van der Waals surface area contributed by atoms with Crippen molar-refractivity contribution in [3.8, 4) is 0 Å². The smallest absolute Gasteiger partial charge is 0.257 e. The maximum atomic E-state index is 13.0. The van der Waals surface area contributed by atoms with Gasteiger partial charge in [0.15, 0.2) is 0 Å². The number of carbonyl (C=O) groups excluding carboxylic acids is 1. The van der Waals surface area contributed by atoms with E-state index in [1.54, 1.807) is 12.1 Å². The van der Waals surface area contributed by atoms with Gasteiger partial charge in [0.25, 0.3) is 5.91 Å². The molecule has 4 nitrogen and oxygen atoms in total. The second kappa shape index (κ2) is 5.14. The SMILES string of the molecule is CCC1(C(=O)N2OCC[C@H]2c2ccc(F)cc2)COC1. The van der Waals surface area contributed by atoms with Crippen molar-refractivity contribution < 1.29 is 18.8 Å². The van der Waals surface area contributed by atoms with E-state index in [2.05, 4.69) is 0 Å². The number of hydrogen-bond donors (Lipinski definition) is 0. The highest BCUT2D eigenvalue weighted by Crippen LogP contribution is 2.39. The zero-order valence-corrected chi connectivity index (χ0v) is 11.5. The fourth-order valence-electron chi connectivity index (χ4n) is 2.72. The summed E-state index contributed by atoms with van der Waals surface area (Å²) < 4.78 is 18.2. The molecular formula is C15H18FNO3. The van der Waals surface area contributed by atoms with Gasteiger partial charge in [-0.25, -0.2) is 9.45 Å². The first-order valence-electron chi connectivity index (χ1n) is 6.96. The number of amides is 1. The Morgan fingerprint density at radius 2 is 2.10 bits per heavy atom. The van der Waals surface area contributed by atoms with Crippen molar-refractivity contribution in [1.29, 1.82) is 0 Å². The van der Waals surface area contributed by atoms with Crippen LogP contribution < -0.4 is 0 Å². The number of hydrogen-bond acceptors (Lipinski definition) is 3. The number of nitrogens with zero attached hydrogens (tertiary/aromatic N) is 1. The van der Waals surface area contributed by atoms with Gasteiger partial charge < -0.3 is 4.74 Å². The van der Waals surface area contributed by atoms with Crippen molar-refractivity contribution in [2.75, 3.05) is 19.8 Å². The zero-order valence-electron chi connectivity index (χ0n) is 11.5. The van der Waals surface area contributed by atoms with Crippen LogP contribution in [0.25, 0.3) is 0 Å². The topological polar surface area (TPSA) is 38.8 Å². The third kappa shape index (κ3) is 2.11. The van der Waals surface area contributed by atoms with E-state index in [-0.39, 0.29) is 17.8 Å². The molecule has 0 aromatic heterocycles. The van der Waals surface area contributed by atoms with Crippen molar-refractivity contribution in [3.05, 3.63) is 35.6 Å². The molecule has 20 heavy (non-hydrogen) atoms. The zero-order chi connectivity index (χ0) is 14.2. The Balaban J connectivity index is 1.82. The molecule has 0 spiro atoms. The van der Waals surface area contributed by atoms with Crippen LogP contribution in [-0.4, -0.2) is 30.8 Å². The predicted molar refractivity (Wildman–Crippen MR) is 70.1 cm³/mol. The number of carbonyl (C=O) groups is 1. The van der Waals surface area contributed by atoms with Crippen LogP contribution in [0.15, 0.2) is 24.3 Å². The molecule has 3 rings (SSSR count). The lowest BCUT2D eigenvalue weighted by Crippen LogP contribution is -2.54. The van der Waals surface area contributed by atoms with Gasteiger partial charge in [0, 0.05) is 6.42 Å². The normalized spacial score (nSPS) is 24.5. The number of halogens is 1. The van der Waals surface area contributed by atoms with E-state index in [0.717, 1.165) is 18.4 Å². The fourth-order valence-corrected chi connectivity index (χ4v) is 2.72. The molecule has 0 unspecified atom stereocenters. The summed E-state index contributed by atoms with van der Waals surface area (Å²) in [6, 6.07) is 6.12. The lowest BCUT2D eigenvalue weighted by molar-refractivity contribution is -0.212. The van der Waals surface area contributed by atoms with Gasteiger partial charge in [0.1, 0.15) is 5.82 Å². The van der Waals surface area contributed by atoms with Gasteiger partial charge >= 0.3 is 0 Å². The van der Waals surface area contributed by atoms with E-state index < -0.39 is 5.41 Å². The Hall–Kier alpha value is -1.46. The van der Waals surface area contributed by atoms with E-state index >= 15 is 0 Å². The van der Waals surface area contributed by atoms with E-state index in [4.69, 9.17) is 9.57 Å². The fraction of sp³-hybridized carbons (Fsp3) is 0.533. The Kier molecular flexibility index (Phi) is 3.48. The van der Waals surface area contributed by atoms with Crippen molar-refractivity contribution in [1.82, 2.24) is 5.06 Å². The molecule has 5 heteroatoms. The average molecular weight is 279 g/mol. The molecule has 0 radical (unpaired) electrons. The quantitative estimate of drug-likeness (QED) is 0.853. The summed E-state index contributed by atoms with van der Waals surface area (Å²) in [6.45, 7) is 3.41. The van der Waals surface area contributed by atoms with E-state index in [1.807, 2.05) is 6.92 Å². The minimum atomic E-state index is -0.442. The van der Waals surface area contributed by atoms with Crippen molar-refractivity contribution in [2.24, 2.45) is 5.41 Å². The summed E-state index contributed by atoms with van der Waals surface area (Å²) >= 11 is 0. The standard InChI is InChI=1S/C15H18FNO3/c1-2-15(9-19-10-15)14(18)17-13(7-8-20-17)11-3-5-12(16)6-4-11/h3-6,13H,2,7-10H2,1H3/t13-/m0/s1. The first-order chi connectivity index (χ1) is 9.66. The highest BCUT2D eigenvalue weighted by molar-refractivity contribution is 5.83. The largest absolute Gasteiger partial charge is 0.379 e. The summed E-state index contributed by atoms with van der Waals surface area (Å²) in [6.07, 6.45) is 1.47. The lowest BCUT2D eigenvalue weighted by atomic mass is 9.81. The Labute approximate surface area is 117 Å². The van der Waals surface area contributed by atoms with Crippen molar-refractivity contribution in [3.63, 3.8) is 0 Å². The molecule has 1 amide bonds. The Bertz CT molecular complexity index is 493. The molecular weight excluding hydrogens is 261 g/mol. The highest BCUT2D eigenvalue weighted by atomic mass is 19.1. The molecule has 2 aliphatic heterocycles. The van der Waals surface area contributed by atoms with Crippen LogP contribution in [0.2, 0.25) is 0 Å². The maximum Gasteiger partial charge on any atom is 0.257 e. The van der Waals surface area contributed by atoms with Gasteiger partial charge in [0.2, 0.25) is 0 Å². The molecule has 0 N–H and O–H groups in total. The van der Waals surface area contributed by atoms with Gasteiger partial charge in [-0.05, 0) is 24.1 Å². The second-order valence-electron chi connectivity index (χ2n) is 5.45. The van der Waals surface area contributed by atoms with Gasteiger partial charge in [0.05, 0.1) is 31.3 Å². The average Bonchev–Trinajstić information content (AvgIpc) is 2.88. The van der Waals surface area contributed by atoms with Crippen molar-refractivity contribution >= 4 is 5.91 Å². The minimum absolute atomic E-state index is 0.0157. The number of hydroxylamine groups is 2. The third-order valence-electron chi connectivity index (χ3n) is 4.25. The molecule has 0 bridgehead atoms. The van der Waals surface area contributed by atoms with Crippen LogP contribution in [0.1, 0.15) is 31.4 Å². The first-order valence-corrected chi connectivity index (χ1v) is 6.96. The summed E-state index contributed by atoms with van der Waals surface area (Å²) in [5, 5.41) is 1.47. The molecule has 1 atom stereocenters. The van der Waals surface area contributed by atoms with Gasteiger partial charge in [-0.3, -0.25) is 9.63 Å². The number of ether oxygens (including phenoxy) is 1. The van der Waals surface area contributed by atoms with Crippen LogP contribution in [0.4, 0.5) is 4.39 Å². The molecule has 0 saturated carbocycles. The van der Waals surface area contributed by atoms with Crippen LogP contribution in [0, 0.1) is 11.2 Å². The summed E-state index contributed by atoms with van der Waals surface area (Å²) in [4.78, 5) is 18.2. The maximum absolute atomic E-state index is 13.0. The van der Waals surface area contributed by atoms with Crippen LogP contribution in [0.3, 0.4) is 0 Å². The van der Waals surface area contributed by atoms with Gasteiger partial charge in [-0.15, -0.1) is 0 Å². The summed E-state index contributed by atoms with van der Waals surface area (Å²) in [5.41, 5.74) is 0.464. The summed E-state index contributed by atoms with van der Waals surface area (Å²) in [7, 11) is 0. The third-order valence-corrected chi connectivity index (χ3v) is 4.25. The van der Waals surface area contributed by atoms with Crippen LogP contribution in [0.5, 0.6) is 0 Å². The first kappa shape index (κ1) is 13.5. The predicted octanol–water partition coefficient (Wildman–Crippen LogP) is 2.46. The molecule has 1 aromatic carbocycles. The Morgan fingerprint density at radius 1 is 1.40 bits per heavy atom. The van der Waals surface area contributed by atoms with Crippen LogP contribution in [-0.2, 0) is 14.4 Å². The van der Waals surface area contributed by atoms with Crippen molar-refractivity contribution in [2.45, 2.75) is 25.8 Å². The molecule has 2 aliphatic rings. The number of benzene rings is 1. The lowest BCUT2D eigenvalue weighted by Gasteiger charge is -2.42. The molecule has 108 valence electrons.